The summed E-state index contributed by atoms with van der Waals surface area (Å²) in [6.45, 7) is 8.52. The molecule has 2 rings (SSSR count). The van der Waals surface area contributed by atoms with Gasteiger partial charge in [0.1, 0.15) is 0 Å². The van der Waals surface area contributed by atoms with E-state index in [0.717, 1.165) is 32.1 Å². The Morgan fingerprint density at radius 3 is 2.25 bits per heavy atom. The Kier molecular flexibility index (Phi) is 3.85. The lowest BCUT2D eigenvalue weighted by Crippen LogP contribution is -2.48. The van der Waals surface area contributed by atoms with Crippen molar-refractivity contribution in [3.63, 3.8) is 0 Å². The van der Waals surface area contributed by atoms with Gasteiger partial charge in [0.25, 0.3) is 0 Å². The molecule has 2 saturated heterocycles. The number of hydrogen-bond donors (Lipinski definition) is 0. The van der Waals surface area contributed by atoms with Crippen molar-refractivity contribution in [2.24, 2.45) is 5.92 Å². The van der Waals surface area contributed by atoms with Crippen LogP contribution in [0.25, 0.3) is 0 Å². The van der Waals surface area contributed by atoms with Gasteiger partial charge in [-0.1, -0.05) is 6.92 Å². The predicted octanol–water partition coefficient (Wildman–Crippen LogP) is 1.73. The topological polar surface area (TPSA) is 23.6 Å². The minimum atomic E-state index is 0.107. The first-order valence-electron chi connectivity index (χ1n) is 6.71. The summed E-state index contributed by atoms with van der Waals surface area (Å²) in [4.78, 5) is 16.7. The molecule has 92 valence electrons. The summed E-state index contributed by atoms with van der Waals surface area (Å²) in [6.07, 6.45) is 4.88. The molecule has 0 aromatic rings. The van der Waals surface area contributed by atoms with E-state index in [1.807, 2.05) is 0 Å². The van der Waals surface area contributed by atoms with E-state index >= 15 is 0 Å². The fourth-order valence-corrected chi connectivity index (χ4v) is 2.78. The number of carbonyl (C=O) groups excluding carboxylic acids is 1. The van der Waals surface area contributed by atoms with Crippen molar-refractivity contribution in [3.05, 3.63) is 0 Å². The van der Waals surface area contributed by atoms with Crippen LogP contribution in [0.1, 0.15) is 39.5 Å². The summed E-state index contributed by atoms with van der Waals surface area (Å²) in [5, 5.41) is 0. The minimum Gasteiger partial charge on any atom is -0.341 e. The molecule has 1 amide bonds. The molecule has 0 saturated carbocycles. The van der Waals surface area contributed by atoms with Crippen LogP contribution in [0.3, 0.4) is 0 Å². The van der Waals surface area contributed by atoms with Gasteiger partial charge in [-0.2, -0.15) is 0 Å². The normalized spacial score (nSPS) is 26.0. The molecule has 16 heavy (non-hydrogen) atoms. The lowest BCUT2D eigenvalue weighted by Gasteiger charge is -2.34. The summed E-state index contributed by atoms with van der Waals surface area (Å²) < 4.78 is 0. The number of likely N-dealkylation sites (tertiary alicyclic amines) is 2. The largest absolute Gasteiger partial charge is 0.341 e. The van der Waals surface area contributed by atoms with Gasteiger partial charge in [-0.05, 0) is 51.6 Å². The molecule has 1 atom stereocenters. The smallest absolute Gasteiger partial charge is 0.239 e. The Morgan fingerprint density at radius 1 is 1.12 bits per heavy atom. The Morgan fingerprint density at radius 2 is 1.69 bits per heavy atom. The van der Waals surface area contributed by atoms with Crippen LogP contribution in [0, 0.1) is 5.92 Å². The molecule has 2 heterocycles. The van der Waals surface area contributed by atoms with Gasteiger partial charge in [-0.3, -0.25) is 9.69 Å². The Hall–Kier alpha value is -0.570. The number of amides is 1. The Labute approximate surface area is 98.8 Å². The van der Waals surface area contributed by atoms with E-state index < -0.39 is 0 Å². The monoisotopic (exact) mass is 224 g/mol. The van der Waals surface area contributed by atoms with Crippen molar-refractivity contribution in [1.29, 1.82) is 0 Å². The van der Waals surface area contributed by atoms with Crippen LogP contribution in [-0.2, 0) is 4.79 Å². The van der Waals surface area contributed by atoms with Crippen LogP contribution in [0.5, 0.6) is 0 Å². The second kappa shape index (κ2) is 5.17. The number of carbonyl (C=O) groups is 1. The van der Waals surface area contributed by atoms with E-state index in [-0.39, 0.29) is 6.04 Å². The molecule has 0 bridgehead atoms. The van der Waals surface area contributed by atoms with Gasteiger partial charge in [-0.25, -0.2) is 0 Å². The summed E-state index contributed by atoms with van der Waals surface area (Å²) in [5.41, 5.74) is 0. The Balaban J connectivity index is 1.86. The van der Waals surface area contributed by atoms with Gasteiger partial charge in [0.15, 0.2) is 0 Å². The molecule has 0 aliphatic carbocycles. The van der Waals surface area contributed by atoms with Crippen LogP contribution in [0.4, 0.5) is 0 Å². The number of rotatable bonds is 2. The second-order valence-corrected chi connectivity index (χ2v) is 5.43. The first-order valence-corrected chi connectivity index (χ1v) is 6.71. The molecule has 0 radical (unpaired) electrons. The number of nitrogens with zero attached hydrogens (tertiary/aromatic N) is 2. The lowest BCUT2D eigenvalue weighted by atomic mass is 9.99. The molecular weight excluding hydrogens is 200 g/mol. The van der Waals surface area contributed by atoms with Crippen LogP contribution in [0.15, 0.2) is 0 Å². The molecule has 2 aliphatic heterocycles. The molecule has 0 aromatic carbocycles. The molecule has 0 aromatic heterocycles. The van der Waals surface area contributed by atoms with E-state index in [0.29, 0.717) is 5.91 Å². The lowest BCUT2D eigenvalue weighted by molar-refractivity contribution is -0.137. The predicted molar refractivity (Wildman–Crippen MR) is 65.2 cm³/mol. The standard InChI is InChI=1S/C13H24N2O/c1-11-5-9-15(10-6-11)13(16)12(2)14-7-3-4-8-14/h11-12H,3-10H2,1-2H3. The van der Waals surface area contributed by atoms with E-state index in [1.54, 1.807) is 0 Å². The van der Waals surface area contributed by atoms with Gasteiger partial charge >= 0.3 is 0 Å². The minimum absolute atomic E-state index is 0.107. The fraction of sp³-hybridized carbons (Fsp3) is 0.923. The maximum atomic E-state index is 12.3. The highest BCUT2D eigenvalue weighted by molar-refractivity contribution is 5.81. The van der Waals surface area contributed by atoms with Crippen molar-refractivity contribution in [2.45, 2.75) is 45.6 Å². The highest BCUT2D eigenvalue weighted by atomic mass is 16.2. The van der Waals surface area contributed by atoms with Crippen molar-refractivity contribution >= 4 is 5.91 Å². The molecule has 3 nitrogen and oxygen atoms in total. The third-order valence-corrected chi connectivity index (χ3v) is 4.14. The van der Waals surface area contributed by atoms with E-state index in [4.69, 9.17) is 0 Å². The highest BCUT2D eigenvalue weighted by Gasteiger charge is 2.29. The second-order valence-electron chi connectivity index (χ2n) is 5.43. The Bertz CT molecular complexity index is 240. The average molecular weight is 224 g/mol. The average Bonchev–Trinajstić information content (AvgIpc) is 2.81. The van der Waals surface area contributed by atoms with Gasteiger partial charge < -0.3 is 4.90 Å². The first kappa shape index (κ1) is 11.9. The van der Waals surface area contributed by atoms with Crippen molar-refractivity contribution in [2.75, 3.05) is 26.2 Å². The van der Waals surface area contributed by atoms with E-state index in [1.165, 1.54) is 25.7 Å². The quantitative estimate of drug-likeness (QED) is 0.713. The van der Waals surface area contributed by atoms with Gasteiger partial charge in [-0.15, -0.1) is 0 Å². The number of hydrogen-bond acceptors (Lipinski definition) is 2. The number of piperidine rings is 1. The first-order chi connectivity index (χ1) is 7.68. The van der Waals surface area contributed by atoms with Crippen molar-refractivity contribution in [3.8, 4) is 0 Å². The molecule has 2 fully saturated rings. The zero-order valence-corrected chi connectivity index (χ0v) is 10.6. The fourth-order valence-electron chi connectivity index (χ4n) is 2.78. The highest BCUT2D eigenvalue weighted by Crippen LogP contribution is 2.19. The summed E-state index contributed by atoms with van der Waals surface area (Å²) in [5.74, 6) is 1.15. The van der Waals surface area contributed by atoms with E-state index in [9.17, 15) is 4.79 Å². The zero-order chi connectivity index (χ0) is 11.5. The zero-order valence-electron chi connectivity index (χ0n) is 10.6. The van der Waals surface area contributed by atoms with Gasteiger partial charge in [0.2, 0.25) is 5.91 Å². The van der Waals surface area contributed by atoms with Gasteiger partial charge in [0.05, 0.1) is 6.04 Å². The third-order valence-electron chi connectivity index (χ3n) is 4.14. The van der Waals surface area contributed by atoms with E-state index in [2.05, 4.69) is 23.6 Å². The summed E-state index contributed by atoms with van der Waals surface area (Å²) in [7, 11) is 0. The molecule has 3 heteroatoms. The van der Waals surface area contributed by atoms with Crippen molar-refractivity contribution < 1.29 is 4.79 Å². The molecular formula is C13H24N2O. The van der Waals surface area contributed by atoms with Crippen molar-refractivity contribution in [1.82, 2.24) is 9.80 Å². The van der Waals surface area contributed by atoms with Crippen LogP contribution >= 0.6 is 0 Å². The summed E-state index contributed by atoms with van der Waals surface area (Å²) in [6, 6.07) is 0.107. The van der Waals surface area contributed by atoms with Gasteiger partial charge in [0, 0.05) is 13.1 Å². The molecule has 0 spiro atoms. The van der Waals surface area contributed by atoms with Crippen LogP contribution in [-0.4, -0.2) is 47.9 Å². The maximum Gasteiger partial charge on any atom is 0.239 e. The third kappa shape index (κ3) is 2.57. The van der Waals surface area contributed by atoms with Crippen LogP contribution < -0.4 is 0 Å². The van der Waals surface area contributed by atoms with Crippen LogP contribution in [0.2, 0.25) is 0 Å². The SMILES string of the molecule is CC1CCN(C(=O)C(C)N2CCCC2)CC1. The molecule has 1 unspecified atom stereocenters. The maximum absolute atomic E-state index is 12.3. The summed E-state index contributed by atoms with van der Waals surface area (Å²) >= 11 is 0. The molecule has 0 N–H and O–H groups in total. The molecule has 2 aliphatic rings.